The van der Waals surface area contributed by atoms with E-state index in [4.69, 9.17) is 9.47 Å². The number of para-hydroxylation sites is 1. The molecule has 0 aliphatic heterocycles. The SMILES string of the molecule is CC(Oc1[c]cc[c]c1)Oc1ccccc1. The van der Waals surface area contributed by atoms with E-state index in [1.807, 2.05) is 37.3 Å². The van der Waals surface area contributed by atoms with Gasteiger partial charge in [0, 0.05) is 13.0 Å². The largest absolute Gasteiger partial charge is 0.455 e. The van der Waals surface area contributed by atoms with Gasteiger partial charge in [-0.1, -0.05) is 24.3 Å². The molecule has 0 amide bonds. The van der Waals surface area contributed by atoms with Crippen LogP contribution in [0.15, 0.2) is 48.5 Å². The summed E-state index contributed by atoms with van der Waals surface area (Å²) in [7, 11) is 0. The van der Waals surface area contributed by atoms with Crippen LogP contribution in [-0.2, 0) is 0 Å². The number of ether oxygens (including phenoxy) is 2. The molecule has 0 saturated heterocycles. The van der Waals surface area contributed by atoms with Crippen LogP contribution in [0.2, 0.25) is 0 Å². The topological polar surface area (TPSA) is 18.5 Å². The Morgan fingerprint density at radius 2 is 1.88 bits per heavy atom. The van der Waals surface area contributed by atoms with Crippen molar-refractivity contribution in [2.45, 2.75) is 13.2 Å². The summed E-state index contributed by atoms with van der Waals surface area (Å²) in [4.78, 5) is 0. The highest BCUT2D eigenvalue weighted by molar-refractivity contribution is 5.22. The highest BCUT2D eigenvalue weighted by Gasteiger charge is 2.04. The first-order valence-electron chi connectivity index (χ1n) is 5.11. The van der Waals surface area contributed by atoms with Gasteiger partial charge in [0.25, 0.3) is 0 Å². The molecular formula is C14H12O2. The standard InChI is InChI=1S/C14H12O2/c1-12(15-13-8-4-2-5-9-13)16-14-10-6-3-7-11-14/h2-6,8-9,11-12H,1H3. The second-order valence-electron chi connectivity index (χ2n) is 3.27. The average molecular weight is 212 g/mol. The Kier molecular flexibility index (Phi) is 3.44. The first-order valence-corrected chi connectivity index (χ1v) is 5.11. The van der Waals surface area contributed by atoms with E-state index in [9.17, 15) is 0 Å². The molecule has 0 bridgehead atoms. The van der Waals surface area contributed by atoms with Gasteiger partial charge in [-0.05, 0) is 30.3 Å². The molecule has 1 atom stereocenters. The highest BCUT2D eigenvalue weighted by atomic mass is 16.7. The molecule has 0 heterocycles. The van der Waals surface area contributed by atoms with Crippen LogP contribution < -0.4 is 9.47 Å². The van der Waals surface area contributed by atoms with Gasteiger partial charge in [-0.15, -0.1) is 0 Å². The quantitative estimate of drug-likeness (QED) is 0.725. The number of benzene rings is 2. The van der Waals surface area contributed by atoms with Crippen LogP contribution in [-0.4, -0.2) is 6.29 Å². The lowest BCUT2D eigenvalue weighted by Gasteiger charge is -2.16. The summed E-state index contributed by atoms with van der Waals surface area (Å²) < 4.78 is 11.1. The minimum Gasteiger partial charge on any atom is -0.455 e. The summed E-state index contributed by atoms with van der Waals surface area (Å²) in [6.45, 7) is 1.84. The van der Waals surface area contributed by atoms with Crippen molar-refractivity contribution in [3.8, 4) is 11.5 Å². The zero-order chi connectivity index (χ0) is 11.2. The van der Waals surface area contributed by atoms with E-state index in [-0.39, 0.29) is 6.29 Å². The van der Waals surface area contributed by atoms with E-state index >= 15 is 0 Å². The summed E-state index contributed by atoms with van der Waals surface area (Å²) in [5.74, 6) is 1.42. The maximum absolute atomic E-state index is 5.56. The lowest BCUT2D eigenvalue weighted by molar-refractivity contribution is 0.0221. The fourth-order valence-corrected chi connectivity index (χ4v) is 1.30. The fraction of sp³-hybridized carbons (Fsp3) is 0.143. The Morgan fingerprint density at radius 3 is 2.56 bits per heavy atom. The maximum atomic E-state index is 5.56. The van der Waals surface area contributed by atoms with Gasteiger partial charge in [0.1, 0.15) is 11.5 Å². The zero-order valence-electron chi connectivity index (χ0n) is 9.01. The Morgan fingerprint density at radius 1 is 1.06 bits per heavy atom. The zero-order valence-corrected chi connectivity index (χ0v) is 9.01. The van der Waals surface area contributed by atoms with Crippen molar-refractivity contribution in [3.63, 3.8) is 0 Å². The van der Waals surface area contributed by atoms with Crippen molar-refractivity contribution in [1.29, 1.82) is 0 Å². The van der Waals surface area contributed by atoms with Gasteiger partial charge in [0.15, 0.2) is 0 Å². The monoisotopic (exact) mass is 212 g/mol. The minimum atomic E-state index is -0.352. The molecule has 16 heavy (non-hydrogen) atoms. The molecule has 80 valence electrons. The van der Waals surface area contributed by atoms with Crippen LogP contribution >= 0.6 is 0 Å². The van der Waals surface area contributed by atoms with Crippen molar-refractivity contribution in [2.75, 3.05) is 0 Å². The summed E-state index contributed by atoms with van der Waals surface area (Å²) in [5.41, 5.74) is 0. The fourth-order valence-electron chi connectivity index (χ4n) is 1.30. The van der Waals surface area contributed by atoms with E-state index < -0.39 is 0 Å². The second kappa shape index (κ2) is 5.21. The van der Waals surface area contributed by atoms with E-state index in [1.165, 1.54) is 0 Å². The molecule has 2 rings (SSSR count). The van der Waals surface area contributed by atoms with Gasteiger partial charge in [0.05, 0.1) is 0 Å². The molecule has 2 radical (unpaired) electrons. The average Bonchev–Trinajstić information content (AvgIpc) is 2.31. The summed E-state index contributed by atoms with van der Waals surface area (Å²) in [5, 5.41) is 0. The number of hydrogen-bond donors (Lipinski definition) is 0. The smallest absolute Gasteiger partial charge is 0.238 e. The van der Waals surface area contributed by atoms with Crippen molar-refractivity contribution >= 4 is 0 Å². The van der Waals surface area contributed by atoms with Gasteiger partial charge >= 0.3 is 0 Å². The summed E-state index contributed by atoms with van der Waals surface area (Å²) >= 11 is 0. The molecule has 2 nitrogen and oxygen atoms in total. The van der Waals surface area contributed by atoms with Crippen LogP contribution in [0.3, 0.4) is 0 Å². The van der Waals surface area contributed by atoms with Crippen LogP contribution in [0, 0.1) is 12.1 Å². The van der Waals surface area contributed by atoms with E-state index in [1.54, 1.807) is 18.2 Å². The maximum Gasteiger partial charge on any atom is 0.238 e. The van der Waals surface area contributed by atoms with Crippen molar-refractivity contribution in [3.05, 3.63) is 60.7 Å². The first kappa shape index (κ1) is 10.6. The van der Waals surface area contributed by atoms with Crippen LogP contribution in [0.25, 0.3) is 0 Å². The predicted molar refractivity (Wildman–Crippen MR) is 61.3 cm³/mol. The van der Waals surface area contributed by atoms with Gasteiger partial charge in [-0.3, -0.25) is 0 Å². The predicted octanol–water partition coefficient (Wildman–Crippen LogP) is 3.09. The molecule has 1 unspecified atom stereocenters. The van der Waals surface area contributed by atoms with Gasteiger partial charge in [-0.25, -0.2) is 0 Å². The lowest BCUT2D eigenvalue weighted by Crippen LogP contribution is -2.19. The molecule has 2 aromatic rings. The van der Waals surface area contributed by atoms with Crippen molar-refractivity contribution in [2.24, 2.45) is 0 Å². The number of hydrogen-bond acceptors (Lipinski definition) is 2. The third-order valence-corrected chi connectivity index (χ3v) is 1.96. The van der Waals surface area contributed by atoms with E-state index in [0.717, 1.165) is 5.75 Å². The van der Waals surface area contributed by atoms with Crippen LogP contribution in [0.5, 0.6) is 11.5 Å². The van der Waals surface area contributed by atoms with E-state index in [0.29, 0.717) is 5.75 Å². The summed E-state index contributed by atoms with van der Waals surface area (Å²) in [6.07, 6.45) is -0.352. The lowest BCUT2D eigenvalue weighted by atomic mass is 10.3. The third kappa shape index (κ3) is 3.02. The molecule has 0 aliphatic rings. The first-order chi connectivity index (χ1) is 7.84. The minimum absolute atomic E-state index is 0.352. The Hall–Kier alpha value is -1.96. The van der Waals surface area contributed by atoms with Crippen LogP contribution in [0.1, 0.15) is 6.92 Å². The molecule has 0 aromatic heterocycles. The molecule has 0 aliphatic carbocycles. The summed E-state index contributed by atoms with van der Waals surface area (Å²) in [6, 6.07) is 20.7. The molecule has 0 N–H and O–H groups in total. The van der Waals surface area contributed by atoms with Crippen LogP contribution in [0.4, 0.5) is 0 Å². The Bertz CT molecular complexity index is 370. The highest BCUT2D eigenvalue weighted by Crippen LogP contribution is 2.14. The molecule has 2 aromatic carbocycles. The van der Waals surface area contributed by atoms with Gasteiger partial charge in [-0.2, -0.15) is 0 Å². The normalized spacial score (nSPS) is 10.1. The van der Waals surface area contributed by atoms with E-state index in [2.05, 4.69) is 12.1 Å². The molecule has 0 fully saturated rings. The van der Waals surface area contributed by atoms with Gasteiger partial charge < -0.3 is 9.47 Å². The number of rotatable bonds is 4. The third-order valence-electron chi connectivity index (χ3n) is 1.96. The molecule has 0 spiro atoms. The van der Waals surface area contributed by atoms with Crippen molar-refractivity contribution in [1.82, 2.24) is 0 Å². The second-order valence-corrected chi connectivity index (χ2v) is 3.27. The Balaban J connectivity index is 1.92. The van der Waals surface area contributed by atoms with Crippen molar-refractivity contribution < 1.29 is 9.47 Å². The van der Waals surface area contributed by atoms with Gasteiger partial charge in [0.2, 0.25) is 6.29 Å². The molecular weight excluding hydrogens is 200 g/mol. The molecule has 0 saturated carbocycles. The Labute approximate surface area is 95.4 Å². The molecule has 2 heteroatoms.